The van der Waals surface area contributed by atoms with E-state index in [4.69, 9.17) is 0 Å². The molecule has 0 radical (unpaired) electrons. The SMILES string of the molecule is CCC1(N2CCCC2=O)CCCC1. The number of amides is 1. The predicted molar refractivity (Wildman–Crippen MR) is 52.4 cm³/mol. The van der Waals surface area contributed by atoms with E-state index in [9.17, 15) is 4.79 Å². The average molecular weight is 181 g/mol. The molecule has 0 aromatic carbocycles. The summed E-state index contributed by atoms with van der Waals surface area (Å²) in [5, 5.41) is 0. The Morgan fingerprint density at radius 2 is 2.00 bits per heavy atom. The molecule has 2 nitrogen and oxygen atoms in total. The molecule has 0 spiro atoms. The van der Waals surface area contributed by atoms with E-state index in [1.54, 1.807) is 0 Å². The van der Waals surface area contributed by atoms with Crippen LogP contribution in [0.15, 0.2) is 0 Å². The zero-order valence-electron chi connectivity index (χ0n) is 8.51. The zero-order chi connectivity index (χ0) is 9.31. The fourth-order valence-electron chi connectivity index (χ4n) is 3.00. The van der Waals surface area contributed by atoms with Crippen molar-refractivity contribution in [3.05, 3.63) is 0 Å². The van der Waals surface area contributed by atoms with Crippen molar-refractivity contribution in [2.45, 2.75) is 57.4 Å². The maximum absolute atomic E-state index is 11.7. The van der Waals surface area contributed by atoms with Gasteiger partial charge in [0.25, 0.3) is 0 Å². The van der Waals surface area contributed by atoms with Crippen LogP contribution in [0.5, 0.6) is 0 Å². The molecule has 1 saturated heterocycles. The number of carbonyl (C=O) groups is 1. The molecule has 1 heterocycles. The molecule has 0 aromatic rings. The van der Waals surface area contributed by atoms with Crippen LogP contribution in [0.3, 0.4) is 0 Å². The monoisotopic (exact) mass is 181 g/mol. The molecule has 74 valence electrons. The highest BCUT2D eigenvalue weighted by atomic mass is 16.2. The summed E-state index contributed by atoms with van der Waals surface area (Å²) in [4.78, 5) is 13.8. The van der Waals surface area contributed by atoms with Crippen LogP contribution in [-0.4, -0.2) is 22.9 Å². The van der Waals surface area contributed by atoms with Crippen molar-refractivity contribution in [2.24, 2.45) is 0 Å². The number of rotatable bonds is 2. The van der Waals surface area contributed by atoms with Gasteiger partial charge >= 0.3 is 0 Å². The second kappa shape index (κ2) is 3.32. The third-order valence-corrected chi connectivity index (χ3v) is 3.84. The van der Waals surface area contributed by atoms with Crippen molar-refractivity contribution in [3.8, 4) is 0 Å². The van der Waals surface area contributed by atoms with Crippen LogP contribution in [0.1, 0.15) is 51.9 Å². The van der Waals surface area contributed by atoms with Gasteiger partial charge < -0.3 is 4.90 Å². The summed E-state index contributed by atoms with van der Waals surface area (Å²) in [7, 11) is 0. The first-order valence-electron chi connectivity index (χ1n) is 5.59. The standard InChI is InChI=1S/C11H19NO/c1-2-11(7-3-4-8-11)12-9-5-6-10(12)13/h2-9H2,1H3. The van der Waals surface area contributed by atoms with Crippen molar-refractivity contribution in [1.82, 2.24) is 4.90 Å². The average Bonchev–Trinajstić information content (AvgIpc) is 2.73. The second-order valence-electron chi connectivity index (χ2n) is 4.43. The predicted octanol–water partition coefficient (Wildman–Crippen LogP) is 2.33. The Kier molecular flexibility index (Phi) is 2.31. The van der Waals surface area contributed by atoms with E-state index in [1.807, 2.05) is 0 Å². The largest absolute Gasteiger partial charge is 0.337 e. The van der Waals surface area contributed by atoms with E-state index < -0.39 is 0 Å². The molecule has 13 heavy (non-hydrogen) atoms. The molecule has 1 aliphatic heterocycles. The van der Waals surface area contributed by atoms with Crippen LogP contribution >= 0.6 is 0 Å². The smallest absolute Gasteiger partial charge is 0.223 e. The molecule has 0 bridgehead atoms. The molecule has 0 N–H and O–H groups in total. The summed E-state index contributed by atoms with van der Waals surface area (Å²) < 4.78 is 0. The molecule has 1 saturated carbocycles. The van der Waals surface area contributed by atoms with E-state index in [1.165, 1.54) is 25.7 Å². The molecular formula is C11H19NO. The Labute approximate surface area is 80.3 Å². The van der Waals surface area contributed by atoms with E-state index in [2.05, 4.69) is 11.8 Å². The lowest BCUT2D eigenvalue weighted by Gasteiger charge is -2.38. The first-order valence-corrected chi connectivity index (χ1v) is 5.59. The van der Waals surface area contributed by atoms with Crippen molar-refractivity contribution >= 4 is 5.91 Å². The summed E-state index contributed by atoms with van der Waals surface area (Å²) in [6.45, 7) is 3.25. The van der Waals surface area contributed by atoms with Gasteiger partial charge in [-0.1, -0.05) is 19.8 Å². The highest BCUT2D eigenvalue weighted by Crippen LogP contribution is 2.39. The molecule has 1 amide bonds. The first-order chi connectivity index (χ1) is 6.28. The van der Waals surface area contributed by atoms with Crippen LogP contribution in [0, 0.1) is 0 Å². The summed E-state index contributed by atoms with van der Waals surface area (Å²) in [5.41, 5.74) is 0.271. The van der Waals surface area contributed by atoms with Crippen LogP contribution in [0.2, 0.25) is 0 Å². The highest BCUT2D eigenvalue weighted by molar-refractivity contribution is 5.79. The molecule has 0 atom stereocenters. The minimum absolute atomic E-state index is 0.271. The van der Waals surface area contributed by atoms with Crippen molar-refractivity contribution in [1.29, 1.82) is 0 Å². The number of likely N-dealkylation sites (tertiary alicyclic amines) is 1. The Bertz CT molecular complexity index is 206. The van der Waals surface area contributed by atoms with Crippen LogP contribution < -0.4 is 0 Å². The molecule has 0 unspecified atom stereocenters. The summed E-state index contributed by atoms with van der Waals surface area (Å²) in [6.07, 6.45) is 8.15. The van der Waals surface area contributed by atoms with E-state index in [0.717, 1.165) is 25.8 Å². The van der Waals surface area contributed by atoms with Crippen LogP contribution in [0.4, 0.5) is 0 Å². The van der Waals surface area contributed by atoms with Gasteiger partial charge in [0.2, 0.25) is 5.91 Å². The van der Waals surface area contributed by atoms with E-state index in [-0.39, 0.29) is 5.54 Å². The topological polar surface area (TPSA) is 20.3 Å². The van der Waals surface area contributed by atoms with Crippen molar-refractivity contribution < 1.29 is 4.79 Å². The number of carbonyl (C=O) groups excluding carboxylic acids is 1. The van der Waals surface area contributed by atoms with Crippen LogP contribution in [0.25, 0.3) is 0 Å². The summed E-state index contributed by atoms with van der Waals surface area (Å²) >= 11 is 0. The minimum atomic E-state index is 0.271. The quantitative estimate of drug-likeness (QED) is 0.640. The van der Waals surface area contributed by atoms with Crippen molar-refractivity contribution in [2.75, 3.05) is 6.54 Å². The Morgan fingerprint density at radius 1 is 1.31 bits per heavy atom. The molecule has 2 rings (SSSR count). The zero-order valence-corrected chi connectivity index (χ0v) is 8.51. The summed E-state index contributed by atoms with van der Waals surface area (Å²) in [6, 6.07) is 0. The van der Waals surface area contributed by atoms with Gasteiger partial charge in [-0.05, 0) is 25.7 Å². The maximum atomic E-state index is 11.7. The van der Waals surface area contributed by atoms with Gasteiger partial charge in [-0.2, -0.15) is 0 Å². The lowest BCUT2D eigenvalue weighted by atomic mass is 9.92. The fraction of sp³-hybridized carbons (Fsp3) is 0.909. The van der Waals surface area contributed by atoms with Gasteiger partial charge in [0.05, 0.1) is 0 Å². The van der Waals surface area contributed by atoms with Gasteiger partial charge in [0.15, 0.2) is 0 Å². The van der Waals surface area contributed by atoms with Gasteiger partial charge in [-0.3, -0.25) is 4.79 Å². The van der Waals surface area contributed by atoms with Crippen molar-refractivity contribution in [3.63, 3.8) is 0 Å². The van der Waals surface area contributed by atoms with Gasteiger partial charge in [-0.25, -0.2) is 0 Å². The molecular weight excluding hydrogens is 162 g/mol. The molecule has 0 aromatic heterocycles. The Hall–Kier alpha value is -0.530. The minimum Gasteiger partial charge on any atom is -0.337 e. The van der Waals surface area contributed by atoms with Gasteiger partial charge in [0.1, 0.15) is 0 Å². The van der Waals surface area contributed by atoms with E-state index in [0.29, 0.717) is 5.91 Å². The third-order valence-electron chi connectivity index (χ3n) is 3.84. The Morgan fingerprint density at radius 3 is 2.46 bits per heavy atom. The van der Waals surface area contributed by atoms with Gasteiger partial charge in [-0.15, -0.1) is 0 Å². The lowest BCUT2D eigenvalue weighted by molar-refractivity contribution is -0.133. The molecule has 1 aliphatic carbocycles. The van der Waals surface area contributed by atoms with Gasteiger partial charge in [0, 0.05) is 18.5 Å². The fourth-order valence-corrected chi connectivity index (χ4v) is 3.00. The van der Waals surface area contributed by atoms with E-state index >= 15 is 0 Å². The second-order valence-corrected chi connectivity index (χ2v) is 4.43. The highest BCUT2D eigenvalue weighted by Gasteiger charge is 2.41. The lowest BCUT2D eigenvalue weighted by Crippen LogP contribution is -2.46. The molecule has 2 heteroatoms. The maximum Gasteiger partial charge on any atom is 0.223 e. The molecule has 2 fully saturated rings. The Balaban J connectivity index is 2.15. The number of nitrogens with zero attached hydrogens (tertiary/aromatic N) is 1. The summed E-state index contributed by atoms with van der Waals surface area (Å²) in [5.74, 6) is 0.406. The number of hydrogen-bond donors (Lipinski definition) is 0. The van der Waals surface area contributed by atoms with Crippen LogP contribution in [-0.2, 0) is 4.79 Å². The molecule has 2 aliphatic rings. The third kappa shape index (κ3) is 1.36. The first kappa shape index (κ1) is 9.04. The normalized spacial score (nSPS) is 27.2. The number of hydrogen-bond acceptors (Lipinski definition) is 1.